The van der Waals surface area contributed by atoms with Gasteiger partial charge in [0.1, 0.15) is 11.0 Å². The number of nitriles is 1. The third kappa shape index (κ3) is 1.93. The zero-order valence-corrected chi connectivity index (χ0v) is 9.77. The molecule has 0 atom stereocenters. The molecule has 0 spiro atoms. The van der Waals surface area contributed by atoms with Gasteiger partial charge in [0.2, 0.25) is 0 Å². The number of fused-ring (bicyclic) bond motifs is 1. The van der Waals surface area contributed by atoms with Gasteiger partial charge in [0, 0.05) is 11.9 Å². The van der Waals surface area contributed by atoms with Gasteiger partial charge in [-0.2, -0.15) is 5.26 Å². The van der Waals surface area contributed by atoms with Crippen molar-refractivity contribution in [2.75, 3.05) is 5.32 Å². The second-order valence-electron chi connectivity index (χ2n) is 3.97. The number of nitrogens with zero attached hydrogens (tertiary/aromatic N) is 2. The molecule has 92 valence electrons. The highest BCUT2D eigenvalue weighted by molar-refractivity contribution is 5.89. The minimum Gasteiger partial charge on any atom is -0.353 e. The fourth-order valence-electron chi connectivity index (χ4n) is 1.83. The predicted octanol–water partition coefficient (Wildman–Crippen LogP) is 1.87. The fourth-order valence-corrected chi connectivity index (χ4v) is 1.83. The standard InChI is InChI=1S/C13H9N5O/c14-5-8-1-3-9(4-2-8)18-10-6-15-12-11(10)16-7-17-13(12)19/h1-4,6-7,15,18H,(H,16,17,19). The number of rotatable bonds is 2. The molecule has 3 rings (SSSR count). The number of anilines is 2. The Morgan fingerprint density at radius 3 is 2.74 bits per heavy atom. The molecule has 19 heavy (non-hydrogen) atoms. The van der Waals surface area contributed by atoms with Crippen LogP contribution in [0, 0.1) is 11.3 Å². The number of hydrogen-bond donors (Lipinski definition) is 3. The van der Waals surface area contributed by atoms with Crippen molar-refractivity contribution in [1.29, 1.82) is 5.26 Å². The summed E-state index contributed by atoms with van der Waals surface area (Å²) in [5, 5.41) is 11.9. The molecular weight excluding hydrogens is 242 g/mol. The topological polar surface area (TPSA) is 97.4 Å². The van der Waals surface area contributed by atoms with Crippen molar-refractivity contribution in [2.45, 2.75) is 0 Å². The van der Waals surface area contributed by atoms with Crippen LogP contribution in [0.2, 0.25) is 0 Å². The summed E-state index contributed by atoms with van der Waals surface area (Å²) in [6, 6.07) is 9.09. The van der Waals surface area contributed by atoms with Gasteiger partial charge < -0.3 is 15.3 Å². The van der Waals surface area contributed by atoms with Gasteiger partial charge in [0.25, 0.3) is 5.56 Å². The van der Waals surface area contributed by atoms with Crippen LogP contribution in [0.15, 0.2) is 41.6 Å². The van der Waals surface area contributed by atoms with Gasteiger partial charge in [-0.3, -0.25) is 4.79 Å². The average molecular weight is 251 g/mol. The van der Waals surface area contributed by atoms with E-state index in [1.54, 1.807) is 30.5 Å². The maximum atomic E-state index is 11.5. The summed E-state index contributed by atoms with van der Waals surface area (Å²) < 4.78 is 0. The summed E-state index contributed by atoms with van der Waals surface area (Å²) in [4.78, 5) is 21.1. The zero-order valence-electron chi connectivity index (χ0n) is 9.77. The first-order valence-corrected chi connectivity index (χ1v) is 5.60. The first kappa shape index (κ1) is 11.0. The molecule has 0 unspecified atom stereocenters. The van der Waals surface area contributed by atoms with Crippen LogP contribution in [-0.4, -0.2) is 15.0 Å². The molecule has 0 bridgehead atoms. The van der Waals surface area contributed by atoms with Crippen molar-refractivity contribution in [1.82, 2.24) is 15.0 Å². The highest BCUT2D eigenvalue weighted by atomic mass is 16.1. The number of aromatic amines is 2. The fraction of sp³-hybridized carbons (Fsp3) is 0. The Balaban J connectivity index is 1.99. The molecule has 0 aliphatic rings. The van der Waals surface area contributed by atoms with Crippen LogP contribution in [0.4, 0.5) is 11.4 Å². The van der Waals surface area contributed by atoms with Crippen LogP contribution in [0.3, 0.4) is 0 Å². The molecule has 0 fully saturated rings. The van der Waals surface area contributed by atoms with Gasteiger partial charge in [0.05, 0.1) is 23.6 Å². The van der Waals surface area contributed by atoms with E-state index in [1.807, 2.05) is 0 Å². The largest absolute Gasteiger partial charge is 0.353 e. The number of hydrogen-bond acceptors (Lipinski definition) is 4. The molecule has 0 saturated carbocycles. The highest BCUT2D eigenvalue weighted by Crippen LogP contribution is 2.22. The molecule has 0 amide bonds. The van der Waals surface area contributed by atoms with E-state index in [0.717, 1.165) is 5.69 Å². The van der Waals surface area contributed by atoms with Crippen molar-refractivity contribution in [3.05, 3.63) is 52.7 Å². The lowest BCUT2D eigenvalue weighted by molar-refractivity contribution is 1.16. The molecule has 1 aromatic carbocycles. The van der Waals surface area contributed by atoms with Crippen molar-refractivity contribution in [3.63, 3.8) is 0 Å². The van der Waals surface area contributed by atoms with Crippen molar-refractivity contribution in [3.8, 4) is 6.07 Å². The van der Waals surface area contributed by atoms with E-state index in [1.165, 1.54) is 6.33 Å². The van der Waals surface area contributed by atoms with Gasteiger partial charge in [0.15, 0.2) is 0 Å². The van der Waals surface area contributed by atoms with E-state index in [-0.39, 0.29) is 5.56 Å². The van der Waals surface area contributed by atoms with E-state index in [4.69, 9.17) is 5.26 Å². The molecule has 0 aliphatic carbocycles. The monoisotopic (exact) mass is 251 g/mol. The van der Waals surface area contributed by atoms with E-state index in [0.29, 0.717) is 22.3 Å². The average Bonchev–Trinajstić information content (AvgIpc) is 2.84. The first-order chi connectivity index (χ1) is 9.28. The molecule has 6 nitrogen and oxygen atoms in total. The lowest BCUT2D eigenvalue weighted by Crippen LogP contribution is -2.05. The van der Waals surface area contributed by atoms with Crippen LogP contribution in [-0.2, 0) is 0 Å². The molecule has 3 aromatic rings. The second-order valence-corrected chi connectivity index (χ2v) is 3.97. The normalized spacial score (nSPS) is 10.3. The van der Waals surface area contributed by atoms with Gasteiger partial charge in [-0.1, -0.05) is 0 Å². The van der Waals surface area contributed by atoms with Crippen LogP contribution in [0.1, 0.15) is 5.56 Å². The van der Waals surface area contributed by atoms with Crippen LogP contribution >= 0.6 is 0 Å². The number of aromatic nitrogens is 3. The van der Waals surface area contributed by atoms with E-state index < -0.39 is 0 Å². The van der Waals surface area contributed by atoms with Gasteiger partial charge in [-0.25, -0.2) is 4.98 Å². The Hall–Kier alpha value is -3.07. The van der Waals surface area contributed by atoms with Gasteiger partial charge >= 0.3 is 0 Å². The zero-order chi connectivity index (χ0) is 13.2. The minimum atomic E-state index is -0.210. The molecule has 0 saturated heterocycles. The lowest BCUT2D eigenvalue weighted by atomic mass is 10.2. The Bertz CT molecular complexity index is 823. The summed E-state index contributed by atoms with van der Waals surface area (Å²) in [7, 11) is 0. The van der Waals surface area contributed by atoms with Gasteiger partial charge in [-0.15, -0.1) is 0 Å². The van der Waals surface area contributed by atoms with E-state index in [2.05, 4.69) is 26.3 Å². The second kappa shape index (κ2) is 4.31. The maximum Gasteiger partial charge on any atom is 0.275 e. The third-order valence-electron chi connectivity index (χ3n) is 2.76. The van der Waals surface area contributed by atoms with Crippen molar-refractivity contribution in [2.24, 2.45) is 0 Å². The number of nitrogens with one attached hydrogen (secondary N) is 3. The predicted molar refractivity (Wildman–Crippen MR) is 71.2 cm³/mol. The Morgan fingerprint density at radius 2 is 2.00 bits per heavy atom. The minimum absolute atomic E-state index is 0.210. The first-order valence-electron chi connectivity index (χ1n) is 5.60. The molecule has 2 aromatic heterocycles. The Morgan fingerprint density at radius 1 is 1.21 bits per heavy atom. The lowest BCUT2D eigenvalue weighted by Gasteiger charge is -2.03. The van der Waals surface area contributed by atoms with E-state index in [9.17, 15) is 4.79 Å². The van der Waals surface area contributed by atoms with Crippen molar-refractivity contribution < 1.29 is 0 Å². The summed E-state index contributed by atoms with van der Waals surface area (Å²) in [6.07, 6.45) is 3.05. The van der Waals surface area contributed by atoms with E-state index >= 15 is 0 Å². The summed E-state index contributed by atoms with van der Waals surface area (Å²) in [6.45, 7) is 0. The smallest absolute Gasteiger partial charge is 0.275 e. The van der Waals surface area contributed by atoms with Crippen LogP contribution in [0.5, 0.6) is 0 Å². The summed E-state index contributed by atoms with van der Waals surface area (Å²) in [5.74, 6) is 0. The molecule has 6 heteroatoms. The SMILES string of the molecule is N#Cc1ccc(Nc2c[nH]c3c(=O)[nH]cnc23)cc1. The summed E-state index contributed by atoms with van der Waals surface area (Å²) >= 11 is 0. The van der Waals surface area contributed by atoms with Gasteiger partial charge in [-0.05, 0) is 24.3 Å². The molecule has 0 aliphatic heterocycles. The Kier molecular flexibility index (Phi) is 2.50. The maximum absolute atomic E-state index is 11.5. The molecule has 2 heterocycles. The van der Waals surface area contributed by atoms with Crippen LogP contribution in [0.25, 0.3) is 11.0 Å². The number of H-pyrrole nitrogens is 2. The highest BCUT2D eigenvalue weighted by Gasteiger charge is 2.07. The third-order valence-corrected chi connectivity index (χ3v) is 2.76. The number of benzene rings is 1. The summed E-state index contributed by atoms with van der Waals surface area (Å²) in [5.41, 5.74) is 2.93. The quantitative estimate of drug-likeness (QED) is 0.647. The van der Waals surface area contributed by atoms with Crippen molar-refractivity contribution >= 4 is 22.4 Å². The molecular formula is C13H9N5O. The molecule has 0 radical (unpaired) electrons. The van der Waals surface area contributed by atoms with Crippen LogP contribution < -0.4 is 10.9 Å². The Labute approximate surface area is 107 Å². The molecule has 3 N–H and O–H groups in total.